The van der Waals surface area contributed by atoms with Crippen LogP contribution in [0.2, 0.25) is 0 Å². The van der Waals surface area contributed by atoms with E-state index in [4.69, 9.17) is 4.98 Å². The van der Waals surface area contributed by atoms with E-state index < -0.39 is 47.7 Å². The van der Waals surface area contributed by atoms with Crippen molar-refractivity contribution in [2.45, 2.75) is 117 Å². The first kappa shape index (κ1) is 45.7. The molecule has 60 heavy (non-hydrogen) atoms. The Balaban J connectivity index is 1.40. The van der Waals surface area contributed by atoms with Crippen LogP contribution < -0.4 is 16.0 Å². The topological polar surface area (TPSA) is 177 Å². The molecule has 14 heteroatoms. The lowest BCUT2D eigenvalue weighted by Gasteiger charge is -2.35. The summed E-state index contributed by atoms with van der Waals surface area (Å²) in [5.41, 5.74) is 3.53. The Morgan fingerprint density at radius 3 is 2.15 bits per heavy atom. The molecular weight excluding hydrogens is 779 g/mol. The minimum atomic E-state index is -1.34. The summed E-state index contributed by atoms with van der Waals surface area (Å²) in [5, 5.41) is 33.3. The van der Waals surface area contributed by atoms with Crippen molar-refractivity contribution < 1.29 is 29.4 Å². The lowest BCUT2D eigenvalue weighted by atomic mass is 9.85. The van der Waals surface area contributed by atoms with E-state index in [0.717, 1.165) is 33.1 Å². The number of carbonyl (C=O) groups excluding carboxylic acids is 3. The zero-order chi connectivity index (χ0) is 43.6. The van der Waals surface area contributed by atoms with Crippen molar-refractivity contribution in [2.24, 2.45) is 11.3 Å². The van der Waals surface area contributed by atoms with Gasteiger partial charge in [0.15, 0.2) is 0 Å². The summed E-state index contributed by atoms with van der Waals surface area (Å²) in [6, 6.07) is 19.5. The number of thiazole rings is 1. The van der Waals surface area contributed by atoms with Crippen LogP contribution in [0.5, 0.6) is 0 Å². The van der Waals surface area contributed by atoms with E-state index in [-0.39, 0.29) is 30.7 Å². The van der Waals surface area contributed by atoms with Gasteiger partial charge in [-0.15, -0.1) is 11.3 Å². The fourth-order valence-electron chi connectivity index (χ4n) is 7.57. The fourth-order valence-corrected chi connectivity index (χ4v) is 8.40. The van der Waals surface area contributed by atoms with Crippen LogP contribution >= 0.6 is 11.3 Å². The third kappa shape index (κ3) is 12.4. The highest BCUT2D eigenvalue weighted by molar-refractivity contribution is 7.09. The number of aliphatic hydroxyl groups excluding tert-OH is 1. The molecule has 2 aromatic carbocycles. The molecule has 5 N–H and O–H groups in total. The van der Waals surface area contributed by atoms with Crippen LogP contribution in [-0.4, -0.2) is 97.3 Å². The summed E-state index contributed by atoms with van der Waals surface area (Å²) in [6.07, 6.45) is 0.520. The normalized spacial score (nSPS) is 16.2. The molecule has 5 rings (SSSR count). The highest BCUT2D eigenvalue weighted by Gasteiger charge is 2.41. The summed E-state index contributed by atoms with van der Waals surface area (Å²) < 4.78 is 0. The molecule has 3 heterocycles. The van der Waals surface area contributed by atoms with Gasteiger partial charge in [-0.2, -0.15) is 0 Å². The van der Waals surface area contributed by atoms with Gasteiger partial charge >= 0.3 is 12.1 Å². The third-order valence-electron chi connectivity index (χ3n) is 11.1. The van der Waals surface area contributed by atoms with Gasteiger partial charge in [0.1, 0.15) is 12.1 Å². The summed E-state index contributed by atoms with van der Waals surface area (Å²) >= 11 is 1.58. The molecule has 1 saturated heterocycles. The average Bonchev–Trinajstić information content (AvgIpc) is 3.83. The summed E-state index contributed by atoms with van der Waals surface area (Å²) in [5.74, 6) is -0.761. The molecule has 1 aliphatic rings. The molecule has 1 unspecified atom stereocenters. The van der Waals surface area contributed by atoms with Crippen molar-refractivity contribution in [1.82, 2.24) is 35.7 Å². The molecule has 0 radical (unpaired) electrons. The number of benzene rings is 2. The van der Waals surface area contributed by atoms with Crippen molar-refractivity contribution in [3.8, 4) is 11.3 Å². The molecule has 0 aliphatic carbocycles. The zero-order valence-corrected chi connectivity index (χ0v) is 36.6. The molecule has 0 saturated carbocycles. The number of rotatable bonds is 19. The Labute approximate surface area is 358 Å². The summed E-state index contributed by atoms with van der Waals surface area (Å²) in [4.78, 5) is 66.7. The van der Waals surface area contributed by atoms with Crippen LogP contribution in [-0.2, 0) is 29.0 Å². The number of aromatic nitrogens is 2. The largest absolute Gasteiger partial charge is 0.465 e. The van der Waals surface area contributed by atoms with E-state index >= 15 is 0 Å². The Kier molecular flexibility index (Phi) is 15.8. The van der Waals surface area contributed by atoms with Gasteiger partial charge in [-0.05, 0) is 53.9 Å². The molecule has 1 fully saturated rings. The number of nitrogens with zero attached hydrogens (tertiary/aromatic N) is 4. The van der Waals surface area contributed by atoms with Crippen molar-refractivity contribution in [1.29, 1.82) is 0 Å². The number of aliphatic hydroxyl groups is 1. The molecule has 0 spiro atoms. The van der Waals surface area contributed by atoms with E-state index in [0.29, 0.717) is 38.4 Å². The van der Waals surface area contributed by atoms with Gasteiger partial charge in [-0.25, -0.2) is 14.6 Å². The van der Waals surface area contributed by atoms with Gasteiger partial charge in [0.2, 0.25) is 11.8 Å². The maximum Gasteiger partial charge on any atom is 0.405 e. The number of hydrogen-bond donors (Lipinski definition) is 5. The van der Waals surface area contributed by atoms with Gasteiger partial charge in [-0.1, -0.05) is 116 Å². The molecule has 322 valence electrons. The Morgan fingerprint density at radius 2 is 1.55 bits per heavy atom. The monoisotopic (exact) mass is 839 g/mol. The molecule has 2 aromatic heterocycles. The van der Waals surface area contributed by atoms with Crippen LogP contribution in [0.3, 0.4) is 0 Å². The van der Waals surface area contributed by atoms with Crippen molar-refractivity contribution in [3.63, 3.8) is 0 Å². The van der Waals surface area contributed by atoms with E-state index in [1.165, 1.54) is 0 Å². The highest BCUT2D eigenvalue weighted by atomic mass is 32.1. The average molecular weight is 840 g/mol. The number of nitrogens with one attached hydrogen (secondary N) is 3. The quantitative estimate of drug-likeness (QED) is 0.0680. The molecule has 0 bridgehead atoms. The first-order chi connectivity index (χ1) is 28.5. The van der Waals surface area contributed by atoms with Gasteiger partial charge < -0.3 is 36.0 Å². The van der Waals surface area contributed by atoms with Crippen LogP contribution in [0.4, 0.5) is 9.59 Å². The molecule has 13 nitrogen and oxygen atoms in total. The standard InChI is InChI=1S/C46H61N7O6S/c1-8-30(4)39(53-23-22-52(45(53)59)27-35-28-60-43(49-35)29(2)3)41(55)48-34(24-31-14-10-9-11-15-31)26-38(54)37(50-42(56)40(46(5,6)7)51-44(57)58)25-32-17-19-33(20-18-32)36-16-12-13-21-47-36/h9-21,28-30,34,37-40,51,54H,8,22-27H2,1-7H3,(H,48,55)(H,50,56)(H,57,58)/t30?,34-,37-,38+,39-,40+/m0/s1. The number of amides is 5. The second-order valence-corrected chi connectivity index (χ2v) is 18.1. The van der Waals surface area contributed by atoms with E-state index in [2.05, 4.69) is 34.8 Å². The number of hydrogen-bond acceptors (Lipinski definition) is 8. The van der Waals surface area contributed by atoms with Gasteiger partial charge in [0.05, 0.1) is 35.1 Å². The molecule has 4 aromatic rings. The number of urea groups is 1. The molecular formula is C46H61N7O6S. The SMILES string of the molecule is CCC(C)[C@@H](C(=O)N[C@@H](Cc1ccccc1)C[C@@H](O)[C@H](Cc1ccc(-c2ccccn2)cc1)NC(=O)[C@@H](NC(=O)O)C(C)(C)C)N1CCN(Cc2csc(C(C)C)n2)C1=O. The minimum Gasteiger partial charge on any atom is -0.465 e. The van der Waals surface area contributed by atoms with Gasteiger partial charge in [0, 0.05) is 42.2 Å². The summed E-state index contributed by atoms with van der Waals surface area (Å²) in [6.45, 7) is 14.7. The lowest BCUT2D eigenvalue weighted by molar-refractivity contribution is -0.129. The van der Waals surface area contributed by atoms with Crippen LogP contribution in [0, 0.1) is 11.3 Å². The number of carbonyl (C=O) groups is 4. The predicted molar refractivity (Wildman–Crippen MR) is 234 cm³/mol. The molecule has 1 aliphatic heterocycles. The number of carboxylic acid groups (broad SMARTS) is 1. The zero-order valence-electron chi connectivity index (χ0n) is 35.8. The van der Waals surface area contributed by atoms with E-state index in [9.17, 15) is 29.4 Å². The minimum absolute atomic E-state index is 0.0550. The summed E-state index contributed by atoms with van der Waals surface area (Å²) in [7, 11) is 0. The Morgan fingerprint density at radius 1 is 0.867 bits per heavy atom. The van der Waals surface area contributed by atoms with E-state index in [1.54, 1.807) is 48.1 Å². The smallest absolute Gasteiger partial charge is 0.405 e. The maximum atomic E-state index is 14.5. The first-order valence-electron chi connectivity index (χ1n) is 20.9. The van der Waals surface area contributed by atoms with E-state index in [1.807, 2.05) is 92.0 Å². The second kappa shape index (κ2) is 20.8. The van der Waals surface area contributed by atoms with Crippen molar-refractivity contribution in [3.05, 3.63) is 106 Å². The predicted octanol–water partition coefficient (Wildman–Crippen LogP) is 6.87. The van der Waals surface area contributed by atoms with Crippen LogP contribution in [0.1, 0.15) is 89.1 Å². The Hall–Kier alpha value is -5.34. The third-order valence-corrected chi connectivity index (χ3v) is 12.3. The van der Waals surface area contributed by atoms with Gasteiger partial charge in [-0.3, -0.25) is 14.6 Å². The van der Waals surface area contributed by atoms with Gasteiger partial charge in [0.25, 0.3) is 0 Å². The Bertz CT molecular complexity index is 2020. The van der Waals surface area contributed by atoms with Crippen molar-refractivity contribution >= 4 is 35.3 Å². The second-order valence-electron chi connectivity index (χ2n) is 17.2. The molecule has 5 amide bonds. The maximum absolute atomic E-state index is 14.5. The fraction of sp³-hybridized carbons (Fsp3) is 0.478. The van der Waals surface area contributed by atoms with Crippen molar-refractivity contribution in [2.75, 3.05) is 13.1 Å². The van der Waals surface area contributed by atoms with Crippen LogP contribution in [0.25, 0.3) is 11.3 Å². The number of pyridine rings is 1. The van der Waals surface area contributed by atoms with Crippen LogP contribution in [0.15, 0.2) is 84.4 Å². The first-order valence-corrected chi connectivity index (χ1v) is 21.7. The lowest BCUT2D eigenvalue weighted by Crippen LogP contribution is -2.58. The highest BCUT2D eigenvalue weighted by Crippen LogP contribution is 2.26. The molecule has 6 atom stereocenters.